The Hall–Kier alpha value is -0.930. The van der Waals surface area contributed by atoms with Crippen LogP contribution in [0, 0.1) is 5.82 Å². The Bertz CT molecular complexity index is 348. The van der Waals surface area contributed by atoms with Crippen LogP contribution in [0.1, 0.15) is 18.4 Å². The van der Waals surface area contributed by atoms with Crippen molar-refractivity contribution in [2.45, 2.75) is 25.3 Å². The zero-order chi connectivity index (χ0) is 12.1. The molecule has 0 aliphatic carbocycles. The largest absolute Gasteiger partial charge is 0.315 e. The molecule has 1 fully saturated rings. The molecule has 94 valence electrons. The molecule has 1 saturated heterocycles. The summed E-state index contributed by atoms with van der Waals surface area (Å²) in [5.74, 6) is -0.135. The number of nitrogens with zero attached hydrogens (tertiary/aromatic N) is 1. The molecule has 1 aromatic rings. The maximum Gasteiger partial charge on any atom is 0.123 e. The third-order valence-electron chi connectivity index (χ3n) is 3.54. The van der Waals surface area contributed by atoms with Crippen molar-refractivity contribution in [2.24, 2.45) is 0 Å². The standard InChI is InChI=1S/C14H21FN2/c1-17(14-6-3-8-16-11-14)9-7-12-4-2-5-13(15)10-12/h2,4-5,10,14,16H,3,6-9,11H2,1H3. The number of piperidine rings is 1. The fourth-order valence-electron chi connectivity index (χ4n) is 2.39. The highest BCUT2D eigenvalue weighted by molar-refractivity contribution is 5.16. The monoisotopic (exact) mass is 236 g/mol. The summed E-state index contributed by atoms with van der Waals surface area (Å²) in [4.78, 5) is 2.39. The summed E-state index contributed by atoms with van der Waals surface area (Å²) in [5, 5.41) is 3.42. The summed E-state index contributed by atoms with van der Waals surface area (Å²) in [6, 6.07) is 7.55. The first kappa shape index (κ1) is 12.5. The van der Waals surface area contributed by atoms with Gasteiger partial charge in [0.05, 0.1) is 0 Å². The second kappa shape index (κ2) is 6.12. The van der Waals surface area contributed by atoms with E-state index in [0.717, 1.165) is 31.6 Å². The van der Waals surface area contributed by atoms with Crippen LogP contribution in [0.15, 0.2) is 24.3 Å². The molecule has 2 rings (SSSR count). The lowest BCUT2D eigenvalue weighted by Crippen LogP contribution is -2.44. The molecule has 0 aromatic heterocycles. The molecule has 1 aromatic carbocycles. The van der Waals surface area contributed by atoms with Gasteiger partial charge in [-0.15, -0.1) is 0 Å². The Morgan fingerprint density at radius 1 is 1.47 bits per heavy atom. The van der Waals surface area contributed by atoms with Gasteiger partial charge in [0, 0.05) is 19.1 Å². The maximum absolute atomic E-state index is 13.0. The summed E-state index contributed by atoms with van der Waals surface area (Å²) in [5.41, 5.74) is 1.08. The lowest BCUT2D eigenvalue weighted by atomic mass is 10.1. The molecule has 1 aliphatic rings. The number of halogens is 1. The fourth-order valence-corrected chi connectivity index (χ4v) is 2.39. The van der Waals surface area contributed by atoms with Gasteiger partial charge in [0.15, 0.2) is 0 Å². The second-order valence-electron chi connectivity index (χ2n) is 4.86. The van der Waals surface area contributed by atoms with Crippen LogP contribution < -0.4 is 5.32 Å². The van der Waals surface area contributed by atoms with E-state index >= 15 is 0 Å². The Balaban J connectivity index is 1.80. The third-order valence-corrected chi connectivity index (χ3v) is 3.54. The molecule has 0 radical (unpaired) electrons. The molecule has 1 heterocycles. The number of hydrogen-bond acceptors (Lipinski definition) is 2. The van der Waals surface area contributed by atoms with Crippen molar-refractivity contribution < 1.29 is 4.39 Å². The maximum atomic E-state index is 13.0. The summed E-state index contributed by atoms with van der Waals surface area (Å²) in [6.07, 6.45) is 3.45. The zero-order valence-electron chi connectivity index (χ0n) is 10.5. The van der Waals surface area contributed by atoms with Gasteiger partial charge in [-0.05, 0) is 50.6 Å². The first-order chi connectivity index (χ1) is 8.25. The normalized spacial score (nSPS) is 20.8. The predicted molar refractivity (Wildman–Crippen MR) is 68.6 cm³/mol. The lowest BCUT2D eigenvalue weighted by Gasteiger charge is -2.31. The molecule has 1 aliphatic heterocycles. The number of likely N-dealkylation sites (N-methyl/N-ethyl adjacent to an activating group) is 1. The van der Waals surface area contributed by atoms with Gasteiger partial charge < -0.3 is 10.2 Å². The smallest absolute Gasteiger partial charge is 0.123 e. The fraction of sp³-hybridized carbons (Fsp3) is 0.571. The SMILES string of the molecule is CN(CCc1cccc(F)c1)C1CCCNC1. The van der Waals surface area contributed by atoms with Crippen LogP contribution in [0.25, 0.3) is 0 Å². The van der Waals surface area contributed by atoms with E-state index in [1.165, 1.54) is 18.9 Å². The molecule has 1 atom stereocenters. The molecule has 0 bridgehead atoms. The van der Waals surface area contributed by atoms with Crippen molar-refractivity contribution in [1.29, 1.82) is 0 Å². The van der Waals surface area contributed by atoms with Crippen molar-refractivity contribution in [3.05, 3.63) is 35.6 Å². The van der Waals surface area contributed by atoms with Crippen LogP contribution in [0.4, 0.5) is 4.39 Å². The molecule has 0 saturated carbocycles. The Kier molecular flexibility index (Phi) is 4.51. The summed E-state index contributed by atoms with van der Waals surface area (Å²) in [6.45, 7) is 3.23. The minimum Gasteiger partial charge on any atom is -0.315 e. The molecule has 3 heteroatoms. The number of benzene rings is 1. The Morgan fingerprint density at radius 2 is 2.35 bits per heavy atom. The van der Waals surface area contributed by atoms with E-state index in [2.05, 4.69) is 17.3 Å². The molecule has 0 spiro atoms. The van der Waals surface area contributed by atoms with E-state index in [0.29, 0.717) is 6.04 Å². The van der Waals surface area contributed by atoms with E-state index in [1.807, 2.05) is 6.07 Å². The van der Waals surface area contributed by atoms with E-state index in [1.54, 1.807) is 12.1 Å². The van der Waals surface area contributed by atoms with Crippen molar-refractivity contribution >= 4 is 0 Å². The van der Waals surface area contributed by atoms with E-state index < -0.39 is 0 Å². The van der Waals surface area contributed by atoms with Crippen molar-refractivity contribution in [3.63, 3.8) is 0 Å². The Labute approximate surface area is 103 Å². The Morgan fingerprint density at radius 3 is 3.06 bits per heavy atom. The van der Waals surface area contributed by atoms with Gasteiger partial charge in [0.1, 0.15) is 5.82 Å². The highest BCUT2D eigenvalue weighted by atomic mass is 19.1. The third kappa shape index (κ3) is 3.79. The van der Waals surface area contributed by atoms with Crippen LogP contribution in [0.5, 0.6) is 0 Å². The lowest BCUT2D eigenvalue weighted by molar-refractivity contribution is 0.205. The van der Waals surface area contributed by atoms with Crippen molar-refractivity contribution in [3.8, 4) is 0 Å². The second-order valence-corrected chi connectivity index (χ2v) is 4.86. The van der Waals surface area contributed by atoms with E-state index in [-0.39, 0.29) is 5.82 Å². The van der Waals surface area contributed by atoms with Gasteiger partial charge in [-0.1, -0.05) is 12.1 Å². The minimum absolute atomic E-state index is 0.135. The summed E-state index contributed by atoms with van der Waals surface area (Å²) < 4.78 is 13.0. The average molecular weight is 236 g/mol. The first-order valence-corrected chi connectivity index (χ1v) is 6.41. The van der Waals surface area contributed by atoms with E-state index in [4.69, 9.17) is 0 Å². The van der Waals surface area contributed by atoms with Gasteiger partial charge in [-0.3, -0.25) is 0 Å². The highest BCUT2D eigenvalue weighted by Crippen LogP contribution is 2.10. The highest BCUT2D eigenvalue weighted by Gasteiger charge is 2.16. The molecule has 2 nitrogen and oxygen atoms in total. The molecular formula is C14H21FN2. The number of hydrogen-bond donors (Lipinski definition) is 1. The molecule has 0 amide bonds. The van der Waals surface area contributed by atoms with Crippen molar-refractivity contribution in [1.82, 2.24) is 10.2 Å². The van der Waals surface area contributed by atoms with Crippen molar-refractivity contribution in [2.75, 3.05) is 26.7 Å². The summed E-state index contributed by atoms with van der Waals surface area (Å²) >= 11 is 0. The average Bonchev–Trinajstić information content (AvgIpc) is 2.37. The zero-order valence-corrected chi connectivity index (χ0v) is 10.5. The topological polar surface area (TPSA) is 15.3 Å². The van der Waals surface area contributed by atoms with Gasteiger partial charge in [-0.25, -0.2) is 4.39 Å². The number of rotatable bonds is 4. The van der Waals surface area contributed by atoms with Crippen LogP contribution in [-0.2, 0) is 6.42 Å². The molecule has 1 N–H and O–H groups in total. The predicted octanol–water partition coefficient (Wildman–Crippen LogP) is 2.05. The molecule has 1 unspecified atom stereocenters. The molecular weight excluding hydrogens is 215 g/mol. The van der Waals surface area contributed by atoms with Crippen LogP contribution in [0.3, 0.4) is 0 Å². The van der Waals surface area contributed by atoms with Gasteiger partial charge in [0.25, 0.3) is 0 Å². The minimum atomic E-state index is -0.135. The van der Waals surface area contributed by atoms with E-state index in [9.17, 15) is 4.39 Å². The first-order valence-electron chi connectivity index (χ1n) is 6.41. The quantitative estimate of drug-likeness (QED) is 0.860. The van der Waals surface area contributed by atoms with Crippen LogP contribution >= 0.6 is 0 Å². The van der Waals surface area contributed by atoms with Gasteiger partial charge in [0.2, 0.25) is 0 Å². The molecule has 17 heavy (non-hydrogen) atoms. The van der Waals surface area contributed by atoms with Crippen LogP contribution in [-0.4, -0.2) is 37.6 Å². The van der Waals surface area contributed by atoms with Gasteiger partial charge >= 0.3 is 0 Å². The summed E-state index contributed by atoms with van der Waals surface area (Å²) in [7, 11) is 2.16. The van der Waals surface area contributed by atoms with Gasteiger partial charge in [-0.2, -0.15) is 0 Å². The van der Waals surface area contributed by atoms with Crippen LogP contribution in [0.2, 0.25) is 0 Å². The number of nitrogens with one attached hydrogen (secondary N) is 1.